The van der Waals surface area contributed by atoms with Crippen LogP contribution in [-0.4, -0.2) is 17.8 Å². The number of fused-ring (bicyclic) bond motifs is 1. The maximum atomic E-state index is 10.4. The van der Waals surface area contributed by atoms with E-state index >= 15 is 0 Å². The Morgan fingerprint density at radius 2 is 1.90 bits per heavy atom. The first-order valence-corrected chi connectivity index (χ1v) is 7.77. The number of rotatable bonds is 7. The number of hydrogen-bond acceptors (Lipinski definition) is 3. The maximum absolute atomic E-state index is 10.4. The second-order valence-corrected chi connectivity index (χ2v) is 5.37. The summed E-state index contributed by atoms with van der Waals surface area (Å²) in [5.41, 5.74) is 7.26. The van der Waals surface area contributed by atoms with E-state index in [1.807, 2.05) is 37.3 Å². The van der Waals surface area contributed by atoms with Gasteiger partial charge in [-0.25, -0.2) is 0 Å². The molecule has 2 aromatic carbocycles. The molecule has 3 heteroatoms. The van der Waals surface area contributed by atoms with Crippen LogP contribution in [0.25, 0.3) is 10.8 Å². The summed E-state index contributed by atoms with van der Waals surface area (Å²) in [5, 5.41) is 12.6. The quantitative estimate of drug-likeness (QED) is 0.814. The molecule has 0 fully saturated rings. The lowest BCUT2D eigenvalue weighted by Gasteiger charge is -2.23. The van der Waals surface area contributed by atoms with Crippen LogP contribution in [0.5, 0.6) is 5.75 Å². The molecule has 0 radical (unpaired) electrons. The van der Waals surface area contributed by atoms with E-state index in [0.717, 1.165) is 34.9 Å². The van der Waals surface area contributed by atoms with Crippen molar-refractivity contribution in [1.29, 1.82) is 0 Å². The summed E-state index contributed by atoms with van der Waals surface area (Å²) in [7, 11) is 0. The minimum absolute atomic E-state index is 0.427. The van der Waals surface area contributed by atoms with Gasteiger partial charge in [-0.2, -0.15) is 0 Å². The van der Waals surface area contributed by atoms with Crippen LogP contribution in [0.1, 0.15) is 44.7 Å². The number of hydrogen-bond donors (Lipinski definition) is 2. The molecule has 2 rings (SSSR count). The van der Waals surface area contributed by atoms with E-state index < -0.39 is 12.1 Å². The smallest absolute Gasteiger partial charge is 0.124 e. The van der Waals surface area contributed by atoms with Crippen molar-refractivity contribution in [3.63, 3.8) is 0 Å². The van der Waals surface area contributed by atoms with E-state index in [4.69, 9.17) is 10.5 Å². The lowest BCUT2D eigenvalue weighted by molar-refractivity contribution is 0.131. The Morgan fingerprint density at radius 3 is 2.62 bits per heavy atom. The molecule has 0 amide bonds. The maximum Gasteiger partial charge on any atom is 0.124 e. The highest BCUT2D eigenvalue weighted by atomic mass is 16.5. The van der Waals surface area contributed by atoms with Gasteiger partial charge in [0, 0.05) is 5.56 Å². The standard InChI is InChI=1S/C18H25NO2/c1-3-5-10-15(20)18(19)17-14-9-7-6-8-13(14)11-12-16(17)21-4-2/h6-9,11-12,15,18,20H,3-5,10,19H2,1-2H3/t15-,18-/m0/s1. The predicted molar refractivity (Wildman–Crippen MR) is 87.6 cm³/mol. The molecule has 0 aliphatic carbocycles. The number of unbranched alkanes of at least 4 members (excludes halogenated alkanes) is 1. The van der Waals surface area contributed by atoms with Gasteiger partial charge in [0.15, 0.2) is 0 Å². The zero-order valence-corrected chi connectivity index (χ0v) is 12.9. The minimum atomic E-state index is -0.546. The Kier molecular flexibility index (Phi) is 5.59. The van der Waals surface area contributed by atoms with Crippen LogP contribution in [0, 0.1) is 0 Å². The van der Waals surface area contributed by atoms with E-state index in [9.17, 15) is 5.11 Å². The fraction of sp³-hybridized carbons (Fsp3) is 0.444. The first-order valence-electron chi connectivity index (χ1n) is 7.77. The van der Waals surface area contributed by atoms with Gasteiger partial charge in [0.1, 0.15) is 5.75 Å². The highest BCUT2D eigenvalue weighted by molar-refractivity contribution is 5.88. The third-order valence-electron chi connectivity index (χ3n) is 3.83. The Labute approximate surface area is 126 Å². The second kappa shape index (κ2) is 7.43. The summed E-state index contributed by atoms with van der Waals surface area (Å²) in [5.74, 6) is 0.777. The average molecular weight is 287 g/mol. The molecular formula is C18H25NO2. The number of aliphatic hydroxyl groups is 1. The lowest BCUT2D eigenvalue weighted by Crippen LogP contribution is -2.27. The summed E-state index contributed by atoms with van der Waals surface area (Å²) in [6, 6.07) is 11.7. The molecule has 0 bridgehead atoms. The van der Waals surface area contributed by atoms with Crippen molar-refractivity contribution in [3.8, 4) is 5.75 Å². The van der Waals surface area contributed by atoms with Crippen LogP contribution >= 0.6 is 0 Å². The zero-order valence-electron chi connectivity index (χ0n) is 12.9. The molecule has 0 unspecified atom stereocenters. The van der Waals surface area contributed by atoms with Gasteiger partial charge in [-0.1, -0.05) is 50.1 Å². The van der Waals surface area contributed by atoms with E-state index in [1.165, 1.54) is 0 Å². The molecule has 2 aromatic rings. The van der Waals surface area contributed by atoms with Crippen LogP contribution in [0.3, 0.4) is 0 Å². The van der Waals surface area contributed by atoms with Crippen LogP contribution in [0.2, 0.25) is 0 Å². The van der Waals surface area contributed by atoms with E-state index in [2.05, 4.69) is 13.0 Å². The molecule has 3 nitrogen and oxygen atoms in total. The predicted octanol–water partition coefficient (Wildman–Crippen LogP) is 3.79. The van der Waals surface area contributed by atoms with Crippen LogP contribution < -0.4 is 10.5 Å². The van der Waals surface area contributed by atoms with E-state index in [1.54, 1.807) is 0 Å². The highest BCUT2D eigenvalue weighted by Gasteiger charge is 2.22. The summed E-state index contributed by atoms with van der Waals surface area (Å²) < 4.78 is 5.73. The van der Waals surface area contributed by atoms with Gasteiger partial charge in [-0.15, -0.1) is 0 Å². The van der Waals surface area contributed by atoms with Crippen molar-refractivity contribution in [1.82, 2.24) is 0 Å². The zero-order chi connectivity index (χ0) is 15.2. The third-order valence-corrected chi connectivity index (χ3v) is 3.83. The molecule has 3 N–H and O–H groups in total. The van der Waals surface area contributed by atoms with Crippen molar-refractivity contribution in [2.75, 3.05) is 6.61 Å². The Balaban J connectivity index is 2.45. The summed E-state index contributed by atoms with van der Waals surface area (Å²) in [4.78, 5) is 0. The summed E-state index contributed by atoms with van der Waals surface area (Å²) in [6.45, 7) is 4.66. The van der Waals surface area contributed by atoms with Crippen molar-refractivity contribution >= 4 is 10.8 Å². The fourth-order valence-electron chi connectivity index (χ4n) is 2.69. The van der Waals surface area contributed by atoms with Crippen molar-refractivity contribution < 1.29 is 9.84 Å². The lowest BCUT2D eigenvalue weighted by atomic mass is 9.93. The largest absolute Gasteiger partial charge is 0.494 e. The van der Waals surface area contributed by atoms with Gasteiger partial charge in [0.2, 0.25) is 0 Å². The van der Waals surface area contributed by atoms with Crippen LogP contribution in [0.4, 0.5) is 0 Å². The SMILES string of the molecule is CCCC[C@H](O)[C@H](N)c1c(OCC)ccc2ccccc12. The Hall–Kier alpha value is -1.58. The molecule has 0 saturated carbocycles. The molecule has 0 aliphatic rings. The number of nitrogens with two attached hydrogens (primary N) is 1. The summed E-state index contributed by atoms with van der Waals surface area (Å²) in [6.07, 6.45) is 2.20. The van der Waals surface area contributed by atoms with Gasteiger partial charge in [0.25, 0.3) is 0 Å². The van der Waals surface area contributed by atoms with Crippen molar-refractivity contribution in [3.05, 3.63) is 42.0 Å². The average Bonchev–Trinajstić information content (AvgIpc) is 2.52. The first-order chi connectivity index (χ1) is 10.2. The monoisotopic (exact) mass is 287 g/mol. The molecule has 114 valence electrons. The fourth-order valence-corrected chi connectivity index (χ4v) is 2.69. The van der Waals surface area contributed by atoms with E-state index in [0.29, 0.717) is 13.0 Å². The number of aliphatic hydroxyl groups excluding tert-OH is 1. The minimum Gasteiger partial charge on any atom is -0.494 e. The highest BCUT2D eigenvalue weighted by Crippen LogP contribution is 2.34. The second-order valence-electron chi connectivity index (χ2n) is 5.37. The Morgan fingerprint density at radius 1 is 1.14 bits per heavy atom. The summed E-state index contributed by atoms with van der Waals surface area (Å²) >= 11 is 0. The molecule has 0 aromatic heterocycles. The van der Waals surface area contributed by atoms with Crippen LogP contribution in [-0.2, 0) is 0 Å². The van der Waals surface area contributed by atoms with E-state index in [-0.39, 0.29) is 0 Å². The molecule has 0 saturated heterocycles. The van der Waals surface area contributed by atoms with Crippen molar-refractivity contribution in [2.45, 2.75) is 45.3 Å². The van der Waals surface area contributed by atoms with Gasteiger partial charge < -0.3 is 15.6 Å². The number of ether oxygens (including phenoxy) is 1. The first kappa shape index (κ1) is 15.8. The van der Waals surface area contributed by atoms with Crippen LogP contribution in [0.15, 0.2) is 36.4 Å². The molecule has 0 spiro atoms. The number of benzene rings is 2. The topological polar surface area (TPSA) is 55.5 Å². The molecule has 0 aliphatic heterocycles. The van der Waals surface area contributed by atoms with Crippen molar-refractivity contribution in [2.24, 2.45) is 5.73 Å². The Bertz CT molecular complexity index is 582. The normalized spacial score (nSPS) is 14.1. The van der Waals surface area contributed by atoms with Gasteiger partial charge >= 0.3 is 0 Å². The van der Waals surface area contributed by atoms with Gasteiger partial charge in [-0.3, -0.25) is 0 Å². The molecular weight excluding hydrogens is 262 g/mol. The van der Waals surface area contributed by atoms with Gasteiger partial charge in [0.05, 0.1) is 18.8 Å². The molecule has 0 heterocycles. The van der Waals surface area contributed by atoms with Gasteiger partial charge in [-0.05, 0) is 30.2 Å². The molecule has 2 atom stereocenters. The third kappa shape index (κ3) is 3.55. The molecule has 21 heavy (non-hydrogen) atoms.